The van der Waals surface area contributed by atoms with E-state index in [1.54, 1.807) is 14.0 Å². The average Bonchev–Trinajstić information content (AvgIpc) is 2.38. The van der Waals surface area contributed by atoms with Crippen molar-refractivity contribution in [2.75, 3.05) is 25.1 Å². The number of ketones is 1. The van der Waals surface area contributed by atoms with Gasteiger partial charge >= 0.3 is 0 Å². The molecule has 4 heteroatoms. The lowest BCUT2D eigenvalue weighted by Crippen LogP contribution is -2.39. The minimum Gasteiger partial charge on any atom is -0.380 e. The summed E-state index contributed by atoms with van der Waals surface area (Å²) in [6.07, 6.45) is 2.56. The molecule has 1 atom stereocenters. The molecule has 0 aromatic heterocycles. The van der Waals surface area contributed by atoms with Crippen LogP contribution in [0.4, 0.5) is 5.69 Å². The molecule has 98 valence electrons. The van der Waals surface area contributed by atoms with Gasteiger partial charge in [-0.15, -0.1) is 0 Å². The maximum atomic E-state index is 11.3. The van der Waals surface area contributed by atoms with Gasteiger partial charge in [0.25, 0.3) is 0 Å². The van der Waals surface area contributed by atoms with E-state index in [2.05, 4.69) is 20.8 Å². The van der Waals surface area contributed by atoms with Gasteiger partial charge in [-0.2, -0.15) is 0 Å². The number of ether oxygens (including phenoxy) is 1. The SMILES string of the molecule is COC1CCCN(c2ccc(C(C)=O)cc2Br)C1. The summed E-state index contributed by atoms with van der Waals surface area (Å²) in [7, 11) is 1.77. The Kier molecular flexibility index (Phi) is 4.40. The van der Waals surface area contributed by atoms with E-state index in [9.17, 15) is 4.79 Å². The summed E-state index contributed by atoms with van der Waals surface area (Å²) in [5.41, 5.74) is 1.88. The smallest absolute Gasteiger partial charge is 0.159 e. The molecule has 2 rings (SSSR count). The zero-order chi connectivity index (χ0) is 13.1. The first-order valence-electron chi connectivity index (χ1n) is 6.20. The summed E-state index contributed by atoms with van der Waals surface area (Å²) >= 11 is 3.56. The molecule has 0 spiro atoms. The fraction of sp³-hybridized carbons (Fsp3) is 0.500. The Bertz CT molecular complexity index is 447. The molecule has 0 N–H and O–H groups in total. The van der Waals surface area contributed by atoms with Crippen LogP contribution in [0.3, 0.4) is 0 Å². The lowest BCUT2D eigenvalue weighted by Gasteiger charge is -2.34. The first-order valence-corrected chi connectivity index (χ1v) is 6.99. The zero-order valence-corrected chi connectivity index (χ0v) is 12.4. The highest BCUT2D eigenvalue weighted by Crippen LogP contribution is 2.30. The maximum Gasteiger partial charge on any atom is 0.159 e. The monoisotopic (exact) mass is 311 g/mol. The van der Waals surface area contributed by atoms with Crippen LogP contribution in [0.2, 0.25) is 0 Å². The van der Waals surface area contributed by atoms with E-state index in [1.165, 1.54) is 0 Å². The molecule has 0 saturated carbocycles. The number of rotatable bonds is 3. The van der Waals surface area contributed by atoms with Gasteiger partial charge in [-0.3, -0.25) is 4.79 Å². The normalized spacial score (nSPS) is 19.9. The number of carbonyl (C=O) groups is 1. The van der Waals surface area contributed by atoms with Crippen LogP contribution >= 0.6 is 15.9 Å². The molecule has 1 saturated heterocycles. The van der Waals surface area contributed by atoms with Crippen molar-refractivity contribution in [2.45, 2.75) is 25.9 Å². The highest BCUT2D eigenvalue weighted by atomic mass is 79.9. The van der Waals surface area contributed by atoms with Gasteiger partial charge in [0.15, 0.2) is 5.78 Å². The molecule has 0 aliphatic carbocycles. The first-order chi connectivity index (χ1) is 8.61. The van der Waals surface area contributed by atoms with Crippen LogP contribution in [0.5, 0.6) is 0 Å². The van der Waals surface area contributed by atoms with Crippen LogP contribution in [0.15, 0.2) is 22.7 Å². The number of piperidine rings is 1. The molecule has 1 heterocycles. The Hall–Kier alpha value is -0.870. The van der Waals surface area contributed by atoms with Gasteiger partial charge < -0.3 is 9.64 Å². The largest absolute Gasteiger partial charge is 0.380 e. The van der Waals surface area contributed by atoms with Crippen molar-refractivity contribution in [3.63, 3.8) is 0 Å². The van der Waals surface area contributed by atoms with Gasteiger partial charge in [0.2, 0.25) is 0 Å². The Morgan fingerprint density at radius 3 is 2.89 bits per heavy atom. The van der Waals surface area contributed by atoms with E-state index in [-0.39, 0.29) is 5.78 Å². The predicted octanol–water partition coefficient (Wildman–Crippen LogP) is 3.27. The van der Waals surface area contributed by atoms with E-state index < -0.39 is 0 Å². The summed E-state index contributed by atoms with van der Waals surface area (Å²) in [4.78, 5) is 13.6. The number of halogens is 1. The molecule has 1 aromatic carbocycles. The van der Waals surface area contributed by atoms with Crippen molar-refractivity contribution in [1.82, 2.24) is 0 Å². The Balaban J connectivity index is 2.20. The second-order valence-corrected chi connectivity index (χ2v) is 5.52. The van der Waals surface area contributed by atoms with E-state index in [0.29, 0.717) is 6.10 Å². The van der Waals surface area contributed by atoms with Gasteiger partial charge in [-0.25, -0.2) is 0 Å². The van der Waals surface area contributed by atoms with E-state index in [0.717, 1.165) is 41.7 Å². The standard InChI is InChI=1S/C14H18BrNO2/c1-10(17)11-5-6-14(13(15)8-11)16-7-3-4-12(9-16)18-2/h5-6,8,12H,3-4,7,9H2,1-2H3. The summed E-state index contributed by atoms with van der Waals surface area (Å²) in [6, 6.07) is 5.80. The minimum atomic E-state index is 0.0932. The first kappa shape index (κ1) is 13.6. The van der Waals surface area contributed by atoms with Gasteiger partial charge in [-0.05, 0) is 53.9 Å². The number of carbonyl (C=O) groups excluding carboxylic acids is 1. The highest BCUT2D eigenvalue weighted by molar-refractivity contribution is 9.10. The minimum absolute atomic E-state index is 0.0932. The lowest BCUT2D eigenvalue weighted by atomic mass is 10.1. The molecular weight excluding hydrogens is 294 g/mol. The van der Waals surface area contributed by atoms with Crippen LogP contribution in [-0.2, 0) is 4.74 Å². The third-order valence-corrected chi connectivity index (χ3v) is 4.04. The van der Waals surface area contributed by atoms with Crippen molar-refractivity contribution in [2.24, 2.45) is 0 Å². The molecule has 0 bridgehead atoms. The summed E-state index contributed by atoms with van der Waals surface area (Å²) in [6.45, 7) is 3.54. The molecule has 1 aliphatic rings. The third-order valence-electron chi connectivity index (χ3n) is 3.41. The summed E-state index contributed by atoms with van der Waals surface area (Å²) in [5.74, 6) is 0.0932. The second kappa shape index (κ2) is 5.85. The number of benzene rings is 1. The fourth-order valence-corrected chi connectivity index (χ4v) is 2.96. The van der Waals surface area contributed by atoms with Crippen molar-refractivity contribution >= 4 is 27.4 Å². The molecule has 1 fully saturated rings. The van der Waals surface area contributed by atoms with Crippen LogP contribution in [0.1, 0.15) is 30.1 Å². The Morgan fingerprint density at radius 1 is 1.50 bits per heavy atom. The molecular formula is C14H18BrNO2. The molecule has 0 radical (unpaired) electrons. The van der Waals surface area contributed by atoms with Crippen LogP contribution in [0, 0.1) is 0 Å². The average molecular weight is 312 g/mol. The number of nitrogens with zero attached hydrogens (tertiary/aromatic N) is 1. The fourth-order valence-electron chi connectivity index (χ4n) is 2.33. The predicted molar refractivity (Wildman–Crippen MR) is 76.4 cm³/mol. The second-order valence-electron chi connectivity index (χ2n) is 4.67. The van der Waals surface area contributed by atoms with Gasteiger partial charge in [0.1, 0.15) is 0 Å². The molecule has 0 amide bonds. The van der Waals surface area contributed by atoms with E-state index in [1.807, 2.05) is 18.2 Å². The lowest BCUT2D eigenvalue weighted by molar-refractivity contribution is 0.0893. The third kappa shape index (κ3) is 2.93. The summed E-state index contributed by atoms with van der Waals surface area (Å²) in [5, 5.41) is 0. The molecule has 1 aliphatic heterocycles. The van der Waals surface area contributed by atoms with E-state index in [4.69, 9.17) is 4.74 Å². The molecule has 18 heavy (non-hydrogen) atoms. The quantitative estimate of drug-likeness (QED) is 0.802. The summed E-state index contributed by atoms with van der Waals surface area (Å²) < 4.78 is 6.41. The molecule has 1 unspecified atom stereocenters. The Labute approximate surface area is 116 Å². The maximum absolute atomic E-state index is 11.3. The van der Waals surface area contributed by atoms with Crippen LogP contribution in [-0.4, -0.2) is 32.1 Å². The number of hydrogen-bond donors (Lipinski definition) is 0. The van der Waals surface area contributed by atoms with Crippen molar-refractivity contribution in [1.29, 1.82) is 0 Å². The van der Waals surface area contributed by atoms with Crippen molar-refractivity contribution in [3.05, 3.63) is 28.2 Å². The topological polar surface area (TPSA) is 29.5 Å². The number of Topliss-reactive ketones (excluding diaryl/α,β-unsaturated/α-hetero) is 1. The zero-order valence-electron chi connectivity index (χ0n) is 10.8. The van der Waals surface area contributed by atoms with Gasteiger partial charge in [0.05, 0.1) is 11.8 Å². The van der Waals surface area contributed by atoms with Crippen LogP contribution in [0.25, 0.3) is 0 Å². The van der Waals surface area contributed by atoms with Crippen LogP contribution < -0.4 is 4.90 Å². The molecule has 1 aromatic rings. The number of hydrogen-bond acceptors (Lipinski definition) is 3. The van der Waals surface area contributed by atoms with Crippen molar-refractivity contribution in [3.8, 4) is 0 Å². The van der Waals surface area contributed by atoms with Crippen molar-refractivity contribution < 1.29 is 9.53 Å². The van der Waals surface area contributed by atoms with Gasteiger partial charge in [-0.1, -0.05) is 0 Å². The Morgan fingerprint density at radius 2 is 2.28 bits per heavy atom. The van der Waals surface area contributed by atoms with E-state index >= 15 is 0 Å². The van der Waals surface area contributed by atoms with Gasteiger partial charge in [0, 0.05) is 30.2 Å². The number of anilines is 1. The highest BCUT2D eigenvalue weighted by Gasteiger charge is 2.21. The number of methoxy groups -OCH3 is 1. The molecule has 3 nitrogen and oxygen atoms in total.